The van der Waals surface area contributed by atoms with Crippen molar-refractivity contribution in [1.82, 2.24) is 0 Å². The molecule has 0 saturated carbocycles. The van der Waals surface area contributed by atoms with Crippen molar-refractivity contribution < 1.29 is 4.79 Å². The van der Waals surface area contributed by atoms with Gasteiger partial charge in [0.2, 0.25) is 5.91 Å². The van der Waals surface area contributed by atoms with E-state index in [0.717, 1.165) is 29.4 Å². The number of halogens is 1. The number of hydrogen-bond donors (Lipinski definition) is 2. The Morgan fingerprint density at radius 2 is 1.61 bits per heavy atom. The van der Waals surface area contributed by atoms with Crippen molar-refractivity contribution in [2.75, 3.05) is 17.2 Å². The second-order valence-corrected chi connectivity index (χ2v) is 6.46. The Bertz CT molecular complexity index is 621. The van der Waals surface area contributed by atoms with Crippen LogP contribution in [-0.4, -0.2) is 12.5 Å². The van der Waals surface area contributed by atoms with Crippen LogP contribution >= 0.6 is 11.6 Å². The van der Waals surface area contributed by atoms with Gasteiger partial charge in [-0.05, 0) is 54.3 Å². The molecule has 0 saturated heterocycles. The molecule has 0 fully saturated rings. The van der Waals surface area contributed by atoms with Crippen LogP contribution < -0.4 is 10.6 Å². The van der Waals surface area contributed by atoms with Gasteiger partial charge in [0.05, 0.1) is 0 Å². The van der Waals surface area contributed by atoms with Crippen molar-refractivity contribution in [2.45, 2.75) is 26.7 Å². The number of carbonyl (C=O) groups is 1. The second-order valence-electron chi connectivity index (χ2n) is 6.03. The Morgan fingerprint density at radius 1 is 1.00 bits per heavy atom. The van der Waals surface area contributed by atoms with Gasteiger partial charge in [-0.15, -0.1) is 0 Å². The van der Waals surface area contributed by atoms with E-state index in [9.17, 15) is 4.79 Å². The van der Waals surface area contributed by atoms with Gasteiger partial charge in [-0.25, -0.2) is 0 Å². The maximum atomic E-state index is 11.7. The minimum atomic E-state index is 0.0587. The molecule has 0 atom stereocenters. The van der Waals surface area contributed by atoms with Crippen LogP contribution in [0.4, 0.5) is 11.4 Å². The van der Waals surface area contributed by atoms with Gasteiger partial charge in [-0.3, -0.25) is 4.79 Å². The summed E-state index contributed by atoms with van der Waals surface area (Å²) in [5, 5.41) is 7.04. The summed E-state index contributed by atoms with van der Waals surface area (Å²) in [6.07, 6.45) is 1.48. The summed E-state index contributed by atoms with van der Waals surface area (Å²) < 4.78 is 0. The van der Waals surface area contributed by atoms with E-state index in [-0.39, 0.29) is 5.91 Å². The van der Waals surface area contributed by atoms with E-state index in [1.165, 1.54) is 5.56 Å². The molecule has 2 aromatic rings. The van der Waals surface area contributed by atoms with E-state index in [0.29, 0.717) is 12.3 Å². The SMILES string of the molecule is CC(C)CC(=O)Nc1ccc(NCCc2ccc(Cl)cc2)cc1. The van der Waals surface area contributed by atoms with Crippen LogP contribution in [0.15, 0.2) is 48.5 Å². The molecule has 0 aliphatic carbocycles. The zero-order valence-electron chi connectivity index (χ0n) is 13.6. The van der Waals surface area contributed by atoms with Crippen LogP contribution in [0.25, 0.3) is 0 Å². The number of anilines is 2. The molecule has 0 radical (unpaired) electrons. The molecule has 0 aliphatic rings. The van der Waals surface area contributed by atoms with Crippen molar-refractivity contribution in [2.24, 2.45) is 5.92 Å². The normalized spacial score (nSPS) is 10.6. The van der Waals surface area contributed by atoms with Gasteiger partial charge in [0.1, 0.15) is 0 Å². The molecule has 0 aliphatic heterocycles. The van der Waals surface area contributed by atoms with Crippen molar-refractivity contribution in [3.63, 3.8) is 0 Å². The van der Waals surface area contributed by atoms with Gasteiger partial charge in [-0.1, -0.05) is 37.6 Å². The third-order valence-corrected chi connectivity index (χ3v) is 3.67. The van der Waals surface area contributed by atoms with Crippen LogP contribution in [0.2, 0.25) is 5.02 Å². The molecule has 0 bridgehead atoms. The molecule has 23 heavy (non-hydrogen) atoms. The highest BCUT2D eigenvalue weighted by Crippen LogP contribution is 2.15. The number of nitrogens with one attached hydrogen (secondary N) is 2. The molecule has 1 amide bonds. The highest BCUT2D eigenvalue weighted by atomic mass is 35.5. The summed E-state index contributed by atoms with van der Waals surface area (Å²) in [6.45, 7) is 4.92. The fourth-order valence-electron chi connectivity index (χ4n) is 2.26. The Kier molecular flexibility index (Phi) is 6.48. The summed E-state index contributed by atoms with van der Waals surface area (Å²) in [5.74, 6) is 0.423. The lowest BCUT2D eigenvalue weighted by Crippen LogP contribution is -2.13. The first-order valence-corrected chi connectivity index (χ1v) is 8.29. The van der Waals surface area contributed by atoms with Crippen LogP contribution in [-0.2, 0) is 11.2 Å². The Hall–Kier alpha value is -2.00. The summed E-state index contributed by atoms with van der Waals surface area (Å²) >= 11 is 5.87. The predicted octanol–water partition coefficient (Wildman–Crippen LogP) is 4.98. The first-order chi connectivity index (χ1) is 11.0. The highest BCUT2D eigenvalue weighted by Gasteiger charge is 2.05. The van der Waals surface area contributed by atoms with E-state index in [4.69, 9.17) is 11.6 Å². The zero-order chi connectivity index (χ0) is 16.7. The molecule has 122 valence electrons. The molecule has 0 aromatic heterocycles. The van der Waals surface area contributed by atoms with Crippen molar-refractivity contribution in [1.29, 1.82) is 0 Å². The monoisotopic (exact) mass is 330 g/mol. The quantitative estimate of drug-likeness (QED) is 0.751. The number of carbonyl (C=O) groups excluding carboxylic acids is 1. The zero-order valence-corrected chi connectivity index (χ0v) is 14.4. The van der Waals surface area contributed by atoms with Crippen molar-refractivity contribution in [3.05, 3.63) is 59.1 Å². The van der Waals surface area contributed by atoms with Gasteiger partial charge in [-0.2, -0.15) is 0 Å². The van der Waals surface area contributed by atoms with E-state index < -0.39 is 0 Å². The highest BCUT2D eigenvalue weighted by molar-refractivity contribution is 6.30. The third kappa shape index (κ3) is 6.33. The van der Waals surface area contributed by atoms with Crippen LogP contribution in [0.3, 0.4) is 0 Å². The Balaban J connectivity index is 1.78. The minimum absolute atomic E-state index is 0.0587. The fourth-order valence-corrected chi connectivity index (χ4v) is 2.38. The largest absolute Gasteiger partial charge is 0.385 e. The number of hydrogen-bond acceptors (Lipinski definition) is 2. The van der Waals surface area contributed by atoms with Gasteiger partial charge < -0.3 is 10.6 Å². The smallest absolute Gasteiger partial charge is 0.224 e. The minimum Gasteiger partial charge on any atom is -0.385 e. The lowest BCUT2D eigenvalue weighted by Gasteiger charge is -2.10. The number of rotatable bonds is 7. The van der Waals surface area contributed by atoms with Crippen LogP contribution in [0.1, 0.15) is 25.8 Å². The lowest BCUT2D eigenvalue weighted by molar-refractivity contribution is -0.116. The molecule has 0 unspecified atom stereocenters. The molecular weight excluding hydrogens is 308 g/mol. The molecule has 2 rings (SSSR count). The Labute approximate surface area is 143 Å². The third-order valence-electron chi connectivity index (χ3n) is 3.42. The van der Waals surface area contributed by atoms with Gasteiger partial charge >= 0.3 is 0 Å². The van der Waals surface area contributed by atoms with Crippen LogP contribution in [0, 0.1) is 5.92 Å². The molecule has 3 nitrogen and oxygen atoms in total. The molecule has 2 N–H and O–H groups in total. The van der Waals surface area contributed by atoms with Gasteiger partial charge in [0.15, 0.2) is 0 Å². The number of benzene rings is 2. The molecule has 2 aromatic carbocycles. The summed E-state index contributed by atoms with van der Waals surface area (Å²) in [6, 6.07) is 15.7. The lowest BCUT2D eigenvalue weighted by atomic mass is 10.1. The number of amides is 1. The Morgan fingerprint density at radius 3 is 2.22 bits per heavy atom. The predicted molar refractivity (Wildman–Crippen MR) is 98.2 cm³/mol. The van der Waals surface area contributed by atoms with Crippen LogP contribution in [0.5, 0.6) is 0 Å². The molecule has 4 heteroatoms. The first-order valence-electron chi connectivity index (χ1n) is 7.91. The standard InChI is InChI=1S/C19H23ClN2O/c1-14(2)13-19(23)22-18-9-7-17(8-10-18)21-12-11-15-3-5-16(20)6-4-15/h3-10,14,21H,11-13H2,1-2H3,(H,22,23). The van der Waals surface area contributed by atoms with Crippen molar-refractivity contribution in [3.8, 4) is 0 Å². The first kappa shape index (κ1) is 17.4. The molecule has 0 spiro atoms. The average molecular weight is 331 g/mol. The molecule has 0 heterocycles. The molecular formula is C19H23ClN2O. The van der Waals surface area contributed by atoms with E-state index in [2.05, 4.69) is 10.6 Å². The van der Waals surface area contributed by atoms with E-state index in [1.807, 2.05) is 62.4 Å². The maximum absolute atomic E-state index is 11.7. The summed E-state index contributed by atoms with van der Waals surface area (Å²) in [4.78, 5) is 11.7. The van der Waals surface area contributed by atoms with E-state index in [1.54, 1.807) is 0 Å². The van der Waals surface area contributed by atoms with E-state index >= 15 is 0 Å². The van der Waals surface area contributed by atoms with Crippen molar-refractivity contribution >= 4 is 28.9 Å². The van der Waals surface area contributed by atoms with Gasteiger partial charge in [0, 0.05) is 29.4 Å². The topological polar surface area (TPSA) is 41.1 Å². The fraction of sp³-hybridized carbons (Fsp3) is 0.316. The van der Waals surface area contributed by atoms with Gasteiger partial charge in [0.25, 0.3) is 0 Å². The average Bonchev–Trinajstić information content (AvgIpc) is 2.50. The maximum Gasteiger partial charge on any atom is 0.224 e. The summed E-state index contributed by atoms with van der Waals surface area (Å²) in [5.41, 5.74) is 3.12. The second kappa shape index (κ2) is 8.59. The summed E-state index contributed by atoms with van der Waals surface area (Å²) in [7, 11) is 0.